The Morgan fingerprint density at radius 2 is 1.93 bits per heavy atom. The summed E-state index contributed by atoms with van der Waals surface area (Å²) in [5, 5.41) is 22.5. The molecule has 12 nitrogen and oxygen atoms in total. The van der Waals surface area contributed by atoms with E-state index in [0.717, 1.165) is 4.90 Å². The third-order valence-electron chi connectivity index (χ3n) is 4.63. The number of amides is 3. The number of ether oxygens (including phenoxy) is 1. The molecule has 1 aromatic carbocycles. The number of nitro benzene ring substituents is 1. The number of rotatable bonds is 10. The van der Waals surface area contributed by atoms with Crippen molar-refractivity contribution in [1.82, 2.24) is 10.2 Å². The number of benzene rings is 1. The maximum absolute atomic E-state index is 12.2. The number of carbonyl (C=O) groups is 4. The molecule has 1 heterocycles. The second-order valence-electron chi connectivity index (χ2n) is 6.76. The number of carboxylic acid groups (broad SMARTS) is 1. The second-order valence-corrected chi connectivity index (χ2v) is 6.76. The first-order valence-electron chi connectivity index (χ1n) is 9.16. The highest BCUT2D eigenvalue weighted by Gasteiger charge is 2.43. The molecule has 0 spiro atoms. The molecular formula is C18H22N4O8. The third kappa shape index (κ3) is 5.50. The number of nitrogens with zero attached hydrogens (tertiary/aromatic N) is 2. The third-order valence-corrected chi connectivity index (χ3v) is 4.63. The molecule has 30 heavy (non-hydrogen) atoms. The van der Waals surface area contributed by atoms with Crippen molar-refractivity contribution in [3.05, 3.63) is 39.9 Å². The number of non-ortho nitro benzene ring substituents is 1. The molecule has 3 amide bonds. The van der Waals surface area contributed by atoms with Crippen LogP contribution in [0.2, 0.25) is 0 Å². The summed E-state index contributed by atoms with van der Waals surface area (Å²) in [5.41, 5.74) is 3.79. The van der Waals surface area contributed by atoms with Gasteiger partial charge < -0.3 is 20.9 Å². The first kappa shape index (κ1) is 22.7. The van der Waals surface area contributed by atoms with E-state index < -0.39 is 28.4 Å². The van der Waals surface area contributed by atoms with Crippen molar-refractivity contribution in [2.45, 2.75) is 37.8 Å². The minimum absolute atomic E-state index is 0.130. The zero-order valence-electron chi connectivity index (χ0n) is 16.0. The molecule has 1 aliphatic heterocycles. The number of aliphatic carboxylic acids is 1. The SMILES string of the molecule is N[C@@](CCCCNC(=O)N1CCC1=O)(C(=O)O)C(=O)OCc1ccc([N+](=O)[O-])cc1. The summed E-state index contributed by atoms with van der Waals surface area (Å²) in [7, 11) is 0. The van der Waals surface area contributed by atoms with Crippen molar-refractivity contribution in [2.24, 2.45) is 5.73 Å². The summed E-state index contributed by atoms with van der Waals surface area (Å²) in [6, 6.07) is 4.73. The lowest BCUT2D eigenvalue weighted by atomic mass is 9.94. The van der Waals surface area contributed by atoms with Crippen LogP contribution in [0.5, 0.6) is 0 Å². The van der Waals surface area contributed by atoms with Gasteiger partial charge in [0.2, 0.25) is 11.4 Å². The lowest BCUT2D eigenvalue weighted by Gasteiger charge is -2.28. The van der Waals surface area contributed by atoms with Gasteiger partial charge in [0, 0.05) is 31.6 Å². The number of nitro groups is 1. The summed E-state index contributed by atoms with van der Waals surface area (Å²) in [5.74, 6) is -2.94. The number of carboxylic acids is 1. The molecule has 4 N–H and O–H groups in total. The van der Waals surface area contributed by atoms with Crippen molar-refractivity contribution < 1.29 is 33.9 Å². The van der Waals surface area contributed by atoms with E-state index in [9.17, 15) is 34.4 Å². The Morgan fingerprint density at radius 1 is 1.27 bits per heavy atom. The van der Waals surface area contributed by atoms with E-state index in [2.05, 4.69) is 5.32 Å². The molecule has 0 aromatic heterocycles. The van der Waals surface area contributed by atoms with E-state index in [1.165, 1.54) is 24.3 Å². The molecule has 1 aliphatic rings. The van der Waals surface area contributed by atoms with Crippen molar-refractivity contribution in [3.63, 3.8) is 0 Å². The first-order valence-corrected chi connectivity index (χ1v) is 9.16. The summed E-state index contributed by atoms with van der Waals surface area (Å²) in [6.07, 6.45) is 0.670. The molecule has 0 bridgehead atoms. The standard InChI is InChI=1S/C18H22N4O8/c19-18(15(24)25,8-1-2-9-20-17(27)21-10-7-14(21)23)16(26)30-11-12-3-5-13(6-4-12)22(28)29/h3-6H,1-2,7-11,19H2,(H,20,27)(H,24,25)/t18-/m0/s1. The molecule has 0 unspecified atom stereocenters. The van der Waals surface area contributed by atoms with E-state index in [1.807, 2.05) is 0 Å². The van der Waals surface area contributed by atoms with Crippen LogP contribution in [0.1, 0.15) is 31.2 Å². The molecule has 1 atom stereocenters. The van der Waals surface area contributed by atoms with Crippen molar-refractivity contribution in [1.29, 1.82) is 0 Å². The molecule has 2 rings (SSSR count). The van der Waals surface area contributed by atoms with E-state index in [-0.39, 0.29) is 37.6 Å². The Labute approximate surface area is 171 Å². The summed E-state index contributed by atoms with van der Waals surface area (Å²) in [4.78, 5) is 57.7. The molecular weight excluding hydrogens is 400 g/mol. The number of carbonyl (C=O) groups excluding carboxylic acids is 3. The van der Waals surface area contributed by atoms with Gasteiger partial charge in [-0.1, -0.05) is 0 Å². The smallest absolute Gasteiger partial charge is 0.338 e. The normalized spacial score (nSPS) is 15.0. The number of nitrogens with two attached hydrogens (primary N) is 1. The zero-order chi connectivity index (χ0) is 22.3. The molecule has 1 fully saturated rings. The number of imide groups is 1. The average molecular weight is 422 g/mol. The predicted molar refractivity (Wildman–Crippen MR) is 101 cm³/mol. The maximum Gasteiger partial charge on any atom is 0.338 e. The number of unbranched alkanes of at least 4 members (excludes halogenated alkanes) is 1. The summed E-state index contributed by atoms with van der Waals surface area (Å²) >= 11 is 0. The van der Waals surface area contributed by atoms with Crippen LogP contribution in [-0.2, 0) is 25.7 Å². The van der Waals surface area contributed by atoms with Crippen LogP contribution in [0.15, 0.2) is 24.3 Å². The fraction of sp³-hybridized carbons (Fsp3) is 0.444. The predicted octanol–water partition coefficient (Wildman–Crippen LogP) is 0.532. The molecule has 0 saturated carbocycles. The Hall–Kier alpha value is -3.54. The van der Waals surface area contributed by atoms with Crippen LogP contribution in [0.25, 0.3) is 0 Å². The van der Waals surface area contributed by atoms with Gasteiger partial charge >= 0.3 is 18.0 Å². The Bertz CT molecular complexity index is 841. The fourth-order valence-corrected chi connectivity index (χ4v) is 2.64. The van der Waals surface area contributed by atoms with Gasteiger partial charge in [-0.05, 0) is 37.0 Å². The van der Waals surface area contributed by atoms with Crippen molar-refractivity contribution in [2.75, 3.05) is 13.1 Å². The summed E-state index contributed by atoms with van der Waals surface area (Å²) < 4.78 is 4.99. The minimum atomic E-state index is -2.27. The van der Waals surface area contributed by atoms with Crippen LogP contribution in [-0.4, -0.2) is 57.4 Å². The molecule has 0 aliphatic carbocycles. The zero-order valence-corrected chi connectivity index (χ0v) is 16.0. The van der Waals surface area contributed by atoms with Crippen LogP contribution in [0.4, 0.5) is 10.5 Å². The topological polar surface area (TPSA) is 182 Å². The van der Waals surface area contributed by atoms with Crippen LogP contribution >= 0.6 is 0 Å². The van der Waals surface area contributed by atoms with Gasteiger partial charge in [-0.2, -0.15) is 0 Å². The highest BCUT2D eigenvalue weighted by atomic mass is 16.6. The van der Waals surface area contributed by atoms with Crippen LogP contribution in [0.3, 0.4) is 0 Å². The Kier molecular flexibility index (Phi) is 7.42. The van der Waals surface area contributed by atoms with Gasteiger partial charge in [0.1, 0.15) is 6.61 Å². The van der Waals surface area contributed by atoms with Crippen LogP contribution < -0.4 is 11.1 Å². The largest absolute Gasteiger partial charge is 0.479 e. The number of likely N-dealkylation sites (tertiary alicyclic amines) is 1. The number of nitrogens with one attached hydrogen (secondary N) is 1. The summed E-state index contributed by atoms with van der Waals surface area (Å²) in [6.45, 7) is 0.273. The monoisotopic (exact) mass is 422 g/mol. The van der Waals surface area contributed by atoms with E-state index in [0.29, 0.717) is 24.9 Å². The Morgan fingerprint density at radius 3 is 2.43 bits per heavy atom. The molecule has 0 radical (unpaired) electrons. The van der Waals surface area contributed by atoms with Gasteiger partial charge in [0.05, 0.1) is 4.92 Å². The van der Waals surface area contributed by atoms with Gasteiger partial charge in [-0.3, -0.25) is 19.8 Å². The lowest BCUT2D eigenvalue weighted by Crippen LogP contribution is -2.55. The van der Waals surface area contributed by atoms with Gasteiger partial charge in [0.25, 0.3) is 5.69 Å². The second kappa shape index (κ2) is 9.78. The van der Waals surface area contributed by atoms with E-state index in [4.69, 9.17) is 10.5 Å². The number of esters is 1. The molecule has 1 aromatic rings. The maximum atomic E-state index is 12.2. The van der Waals surface area contributed by atoms with Crippen LogP contribution in [0, 0.1) is 10.1 Å². The first-order chi connectivity index (χ1) is 14.1. The molecule has 1 saturated heterocycles. The van der Waals surface area contributed by atoms with E-state index >= 15 is 0 Å². The van der Waals surface area contributed by atoms with Crippen molar-refractivity contribution in [3.8, 4) is 0 Å². The van der Waals surface area contributed by atoms with Gasteiger partial charge in [-0.15, -0.1) is 0 Å². The highest BCUT2D eigenvalue weighted by molar-refractivity contribution is 6.03. The number of urea groups is 1. The fourth-order valence-electron chi connectivity index (χ4n) is 2.64. The lowest BCUT2D eigenvalue weighted by molar-refractivity contribution is -0.384. The number of hydrogen-bond acceptors (Lipinski definition) is 8. The molecule has 12 heteroatoms. The van der Waals surface area contributed by atoms with Crippen molar-refractivity contribution >= 4 is 29.6 Å². The minimum Gasteiger partial charge on any atom is -0.479 e. The molecule has 162 valence electrons. The Balaban J connectivity index is 1.79. The quantitative estimate of drug-likeness (QED) is 0.121. The van der Waals surface area contributed by atoms with E-state index in [1.54, 1.807) is 0 Å². The number of hydrogen-bond donors (Lipinski definition) is 3. The number of β-lactam (4-membered cyclic amide) rings is 1. The highest BCUT2D eigenvalue weighted by Crippen LogP contribution is 2.17. The van der Waals surface area contributed by atoms with Gasteiger partial charge in [0.15, 0.2) is 0 Å². The average Bonchev–Trinajstić information content (AvgIpc) is 2.70. The van der Waals surface area contributed by atoms with Gasteiger partial charge in [-0.25, -0.2) is 14.4 Å².